The smallest absolute Gasteiger partial charge is 0.354 e. The zero-order valence-corrected chi connectivity index (χ0v) is 8.60. The summed E-state index contributed by atoms with van der Waals surface area (Å²) >= 11 is 0. The molecule has 0 amide bonds. The Morgan fingerprint density at radius 1 is 1.73 bits per heavy atom. The maximum absolute atomic E-state index is 10.6. The predicted molar refractivity (Wildman–Crippen MR) is 54.0 cm³/mol. The Kier molecular flexibility index (Phi) is 3.99. The van der Waals surface area contributed by atoms with Gasteiger partial charge in [0.05, 0.1) is 6.61 Å². The third-order valence-corrected chi connectivity index (χ3v) is 1.67. The molecule has 0 saturated carbocycles. The van der Waals surface area contributed by atoms with Crippen LogP contribution >= 0.6 is 0 Å². The van der Waals surface area contributed by atoms with Crippen LogP contribution in [0.15, 0.2) is 12.3 Å². The zero-order chi connectivity index (χ0) is 11.3. The predicted octanol–water partition coefficient (Wildman–Crippen LogP) is 0.622. The molecule has 0 bridgehead atoms. The molecule has 0 aliphatic heterocycles. The van der Waals surface area contributed by atoms with Crippen molar-refractivity contribution in [2.24, 2.45) is 0 Å². The topological polar surface area (TPSA) is 84.3 Å². The third-order valence-electron chi connectivity index (χ3n) is 1.67. The van der Waals surface area contributed by atoms with Crippen LogP contribution in [0.2, 0.25) is 0 Å². The van der Waals surface area contributed by atoms with Crippen LogP contribution in [0.4, 0.5) is 5.95 Å². The molecule has 0 spiro atoms. The van der Waals surface area contributed by atoms with Crippen LogP contribution in [-0.2, 0) is 4.74 Å². The van der Waals surface area contributed by atoms with Gasteiger partial charge >= 0.3 is 5.97 Å². The number of carboxylic acid groups (broad SMARTS) is 1. The Balaban J connectivity index is 2.69. The van der Waals surface area contributed by atoms with E-state index >= 15 is 0 Å². The van der Waals surface area contributed by atoms with Gasteiger partial charge < -0.3 is 15.2 Å². The molecule has 0 saturated heterocycles. The third kappa shape index (κ3) is 3.51. The van der Waals surface area contributed by atoms with Gasteiger partial charge in [-0.05, 0) is 13.0 Å². The molecule has 2 N–H and O–H groups in total. The van der Waals surface area contributed by atoms with Gasteiger partial charge in [0.15, 0.2) is 5.69 Å². The van der Waals surface area contributed by atoms with Crippen molar-refractivity contribution in [2.45, 2.75) is 13.0 Å². The molecule has 15 heavy (non-hydrogen) atoms. The van der Waals surface area contributed by atoms with Crippen LogP contribution in [-0.4, -0.2) is 40.8 Å². The van der Waals surface area contributed by atoms with Crippen LogP contribution in [0.5, 0.6) is 0 Å². The van der Waals surface area contributed by atoms with Gasteiger partial charge in [-0.15, -0.1) is 0 Å². The van der Waals surface area contributed by atoms with Crippen molar-refractivity contribution in [3.8, 4) is 0 Å². The van der Waals surface area contributed by atoms with Gasteiger partial charge in [-0.2, -0.15) is 0 Å². The monoisotopic (exact) mass is 211 g/mol. The molecular formula is C9H13N3O3. The average Bonchev–Trinajstić information content (AvgIpc) is 2.18. The molecule has 6 heteroatoms. The molecule has 1 aromatic heterocycles. The second-order valence-corrected chi connectivity index (χ2v) is 3.07. The lowest BCUT2D eigenvalue weighted by Gasteiger charge is -2.12. The summed E-state index contributed by atoms with van der Waals surface area (Å²) in [5.41, 5.74) is -0.0304. The van der Waals surface area contributed by atoms with Gasteiger partial charge in [-0.25, -0.2) is 14.8 Å². The molecule has 6 nitrogen and oxygen atoms in total. The molecule has 82 valence electrons. The van der Waals surface area contributed by atoms with Crippen molar-refractivity contribution in [3.05, 3.63) is 18.0 Å². The lowest BCUT2D eigenvalue weighted by molar-refractivity contribution is 0.0690. The summed E-state index contributed by atoms with van der Waals surface area (Å²) in [7, 11) is 1.59. The van der Waals surface area contributed by atoms with E-state index in [0.29, 0.717) is 12.6 Å². The van der Waals surface area contributed by atoms with E-state index in [1.165, 1.54) is 12.3 Å². The van der Waals surface area contributed by atoms with Gasteiger partial charge in [0, 0.05) is 19.3 Å². The first-order valence-electron chi connectivity index (χ1n) is 4.45. The fourth-order valence-corrected chi connectivity index (χ4v) is 1.06. The molecular weight excluding hydrogens is 198 g/mol. The maximum Gasteiger partial charge on any atom is 0.354 e. The number of ether oxygens (including phenoxy) is 1. The van der Waals surface area contributed by atoms with Gasteiger partial charge in [0.25, 0.3) is 0 Å². The van der Waals surface area contributed by atoms with Crippen molar-refractivity contribution in [2.75, 3.05) is 19.0 Å². The van der Waals surface area contributed by atoms with E-state index in [2.05, 4.69) is 15.3 Å². The van der Waals surface area contributed by atoms with Gasteiger partial charge in [0.1, 0.15) is 0 Å². The first-order valence-corrected chi connectivity index (χ1v) is 4.45. The van der Waals surface area contributed by atoms with Gasteiger partial charge in [-0.3, -0.25) is 0 Å². The largest absolute Gasteiger partial charge is 0.477 e. The van der Waals surface area contributed by atoms with E-state index in [9.17, 15) is 4.79 Å². The Bertz CT molecular complexity index is 343. The van der Waals surface area contributed by atoms with Crippen LogP contribution in [0.25, 0.3) is 0 Å². The molecule has 0 fully saturated rings. The molecule has 0 radical (unpaired) electrons. The maximum atomic E-state index is 10.6. The number of aromatic nitrogens is 2. The van der Waals surface area contributed by atoms with E-state index in [1.54, 1.807) is 7.11 Å². The summed E-state index contributed by atoms with van der Waals surface area (Å²) in [6.45, 7) is 2.39. The van der Waals surface area contributed by atoms with Crippen molar-refractivity contribution < 1.29 is 14.6 Å². The highest BCUT2D eigenvalue weighted by molar-refractivity contribution is 5.85. The Morgan fingerprint density at radius 3 is 3.07 bits per heavy atom. The summed E-state index contributed by atoms with van der Waals surface area (Å²) < 4.78 is 4.92. The zero-order valence-electron chi connectivity index (χ0n) is 8.60. The summed E-state index contributed by atoms with van der Waals surface area (Å²) in [6, 6.07) is 1.37. The fraction of sp³-hybridized carbons (Fsp3) is 0.444. The number of methoxy groups -OCH3 is 1. The highest BCUT2D eigenvalue weighted by Crippen LogP contribution is 2.02. The number of hydrogen-bond acceptors (Lipinski definition) is 5. The Hall–Kier alpha value is -1.69. The normalized spacial score (nSPS) is 12.1. The lowest BCUT2D eigenvalue weighted by atomic mass is 10.3. The summed E-state index contributed by atoms with van der Waals surface area (Å²) in [5.74, 6) is -0.778. The van der Waals surface area contributed by atoms with Crippen LogP contribution < -0.4 is 5.32 Å². The summed E-state index contributed by atoms with van der Waals surface area (Å²) in [5, 5.41) is 11.6. The van der Waals surface area contributed by atoms with E-state index in [-0.39, 0.29) is 11.7 Å². The van der Waals surface area contributed by atoms with Crippen molar-refractivity contribution in [1.29, 1.82) is 0 Å². The molecule has 0 aliphatic carbocycles. The van der Waals surface area contributed by atoms with E-state index in [1.807, 2.05) is 6.92 Å². The minimum Gasteiger partial charge on any atom is -0.477 e. The van der Waals surface area contributed by atoms with E-state index in [0.717, 1.165) is 0 Å². The number of hydrogen-bond donors (Lipinski definition) is 2. The highest BCUT2D eigenvalue weighted by atomic mass is 16.5. The van der Waals surface area contributed by atoms with Crippen molar-refractivity contribution >= 4 is 11.9 Å². The summed E-state index contributed by atoms with van der Waals surface area (Å²) in [6.07, 6.45) is 1.40. The highest BCUT2D eigenvalue weighted by Gasteiger charge is 2.07. The fourth-order valence-electron chi connectivity index (χ4n) is 1.06. The molecule has 0 aromatic carbocycles. The van der Waals surface area contributed by atoms with Gasteiger partial charge in [-0.1, -0.05) is 0 Å². The Morgan fingerprint density at radius 2 is 2.47 bits per heavy atom. The van der Waals surface area contributed by atoms with E-state index in [4.69, 9.17) is 9.84 Å². The Labute approximate surface area is 87.3 Å². The number of nitrogens with one attached hydrogen (secondary N) is 1. The van der Waals surface area contributed by atoms with Crippen LogP contribution in [0.1, 0.15) is 17.4 Å². The van der Waals surface area contributed by atoms with E-state index < -0.39 is 5.97 Å². The quantitative estimate of drug-likeness (QED) is 0.742. The average molecular weight is 211 g/mol. The van der Waals surface area contributed by atoms with Gasteiger partial charge in [0.2, 0.25) is 5.95 Å². The van der Waals surface area contributed by atoms with Crippen molar-refractivity contribution in [1.82, 2.24) is 9.97 Å². The molecule has 0 aliphatic rings. The number of rotatable bonds is 5. The standard InChI is InChI=1S/C9H13N3O3/c1-6(5-15-2)11-9-10-4-3-7(12-9)8(13)14/h3-4,6H,5H2,1-2H3,(H,13,14)(H,10,11,12). The minimum atomic E-state index is -1.07. The van der Waals surface area contributed by atoms with Crippen LogP contribution in [0.3, 0.4) is 0 Å². The molecule has 1 heterocycles. The molecule has 1 aromatic rings. The molecule has 1 unspecified atom stereocenters. The molecule has 1 rings (SSSR count). The lowest BCUT2D eigenvalue weighted by Crippen LogP contribution is -2.22. The number of nitrogens with zero attached hydrogens (tertiary/aromatic N) is 2. The minimum absolute atomic E-state index is 0.0269. The molecule has 1 atom stereocenters. The number of carbonyl (C=O) groups is 1. The van der Waals surface area contributed by atoms with Crippen molar-refractivity contribution in [3.63, 3.8) is 0 Å². The summed E-state index contributed by atoms with van der Waals surface area (Å²) in [4.78, 5) is 18.3. The second kappa shape index (κ2) is 5.26. The number of aromatic carboxylic acids is 1. The number of anilines is 1. The number of carboxylic acids is 1. The van der Waals surface area contributed by atoms with Crippen LogP contribution in [0, 0.1) is 0 Å². The first-order chi connectivity index (χ1) is 7.13. The second-order valence-electron chi connectivity index (χ2n) is 3.07. The first kappa shape index (κ1) is 11.4. The SMILES string of the molecule is COCC(C)Nc1nccc(C(=O)O)n1.